The normalized spacial score (nSPS) is 10.4. The third kappa shape index (κ3) is 4.97. The lowest BCUT2D eigenvalue weighted by Gasteiger charge is -2.09. The average Bonchev–Trinajstić information content (AvgIpc) is 2.29. The Kier molecular flexibility index (Phi) is 5.32. The van der Waals surface area contributed by atoms with Crippen LogP contribution in [0.1, 0.15) is 23.2 Å². The van der Waals surface area contributed by atoms with Crippen molar-refractivity contribution in [1.82, 2.24) is 4.90 Å². The van der Waals surface area contributed by atoms with Gasteiger partial charge in [-0.05, 0) is 51.3 Å². The first-order valence-corrected chi connectivity index (χ1v) is 5.77. The molecule has 18 heavy (non-hydrogen) atoms. The first kappa shape index (κ1) is 14.2. The van der Waals surface area contributed by atoms with E-state index in [0.29, 0.717) is 12.1 Å². The highest BCUT2D eigenvalue weighted by atomic mass is 16.4. The van der Waals surface area contributed by atoms with E-state index in [1.54, 1.807) is 12.1 Å². The zero-order valence-electron chi connectivity index (χ0n) is 10.6. The molecule has 0 bridgehead atoms. The number of nitrogens with zero attached hydrogens (tertiary/aromatic N) is 1. The molecule has 0 saturated carbocycles. The average molecular weight is 250 g/mol. The van der Waals surface area contributed by atoms with Crippen molar-refractivity contribution in [3.63, 3.8) is 0 Å². The molecule has 1 aromatic rings. The number of rotatable bonds is 6. The molecule has 5 heteroatoms. The number of hydrogen-bond donors (Lipinski definition) is 2. The van der Waals surface area contributed by atoms with Crippen LogP contribution in [0, 0.1) is 0 Å². The van der Waals surface area contributed by atoms with E-state index in [1.807, 2.05) is 19.0 Å². The summed E-state index contributed by atoms with van der Waals surface area (Å²) in [5, 5.41) is 11.5. The number of anilines is 1. The van der Waals surface area contributed by atoms with Crippen LogP contribution in [0.25, 0.3) is 0 Å². The second-order valence-electron chi connectivity index (χ2n) is 4.34. The smallest absolute Gasteiger partial charge is 0.335 e. The number of aromatic carboxylic acids is 1. The molecule has 0 atom stereocenters. The molecule has 0 saturated heterocycles. The standard InChI is InChI=1S/C13H18N2O3/c1-15(2)9-3-4-12(16)14-11-7-5-10(6-8-11)13(17)18/h5-8H,3-4,9H2,1-2H3,(H,14,16)(H,17,18). The molecule has 0 radical (unpaired) electrons. The predicted octanol–water partition coefficient (Wildman–Crippen LogP) is 1.67. The van der Waals surface area contributed by atoms with Gasteiger partial charge in [-0.15, -0.1) is 0 Å². The van der Waals surface area contributed by atoms with E-state index in [9.17, 15) is 9.59 Å². The highest BCUT2D eigenvalue weighted by Gasteiger charge is 2.05. The van der Waals surface area contributed by atoms with Gasteiger partial charge in [0.25, 0.3) is 0 Å². The summed E-state index contributed by atoms with van der Waals surface area (Å²) in [4.78, 5) is 24.2. The van der Waals surface area contributed by atoms with Crippen LogP contribution in [-0.2, 0) is 4.79 Å². The third-order valence-corrected chi connectivity index (χ3v) is 2.42. The van der Waals surface area contributed by atoms with Gasteiger partial charge in [0.15, 0.2) is 0 Å². The minimum Gasteiger partial charge on any atom is -0.478 e. The number of benzene rings is 1. The second kappa shape index (κ2) is 6.76. The van der Waals surface area contributed by atoms with Crippen LogP contribution in [-0.4, -0.2) is 42.5 Å². The summed E-state index contributed by atoms with van der Waals surface area (Å²) < 4.78 is 0. The van der Waals surface area contributed by atoms with Gasteiger partial charge in [-0.2, -0.15) is 0 Å². The summed E-state index contributed by atoms with van der Waals surface area (Å²) in [6.45, 7) is 0.866. The summed E-state index contributed by atoms with van der Waals surface area (Å²) >= 11 is 0. The summed E-state index contributed by atoms with van der Waals surface area (Å²) in [6, 6.07) is 6.12. The highest BCUT2D eigenvalue weighted by Crippen LogP contribution is 2.10. The maximum atomic E-state index is 11.6. The third-order valence-electron chi connectivity index (χ3n) is 2.42. The number of carbonyl (C=O) groups is 2. The number of carboxylic acid groups (broad SMARTS) is 1. The van der Waals surface area contributed by atoms with E-state index in [1.165, 1.54) is 12.1 Å². The van der Waals surface area contributed by atoms with Gasteiger partial charge in [0.1, 0.15) is 0 Å². The number of carbonyl (C=O) groups excluding carboxylic acids is 1. The molecule has 98 valence electrons. The van der Waals surface area contributed by atoms with Crippen molar-refractivity contribution in [2.45, 2.75) is 12.8 Å². The van der Waals surface area contributed by atoms with Crippen LogP contribution in [0.5, 0.6) is 0 Å². The summed E-state index contributed by atoms with van der Waals surface area (Å²) in [6.07, 6.45) is 1.25. The Balaban J connectivity index is 2.42. The number of amides is 1. The largest absolute Gasteiger partial charge is 0.478 e. The highest BCUT2D eigenvalue weighted by molar-refractivity contribution is 5.92. The van der Waals surface area contributed by atoms with Crippen molar-refractivity contribution in [3.05, 3.63) is 29.8 Å². The predicted molar refractivity (Wildman–Crippen MR) is 69.8 cm³/mol. The Morgan fingerprint density at radius 2 is 1.83 bits per heavy atom. The molecular formula is C13H18N2O3. The minimum absolute atomic E-state index is 0.0556. The molecule has 0 fully saturated rings. The molecule has 0 aliphatic carbocycles. The van der Waals surface area contributed by atoms with Gasteiger partial charge < -0.3 is 15.3 Å². The van der Waals surface area contributed by atoms with Crippen LogP contribution in [0.2, 0.25) is 0 Å². The number of carboxylic acids is 1. The molecule has 0 heterocycles. The van der Waals surface area contributed by atoms with Crippen molar-refractivity contribution in [2.24, 2.45) is 0 Å². The van der Waals surface area contributed by atoms with Crippen molar-refractivity contribution in [3.8, 4) is 0 Å². The molecule has 0 spiro atoms. The SMILES string of the molecule is CN(C)CCCC(=O)Nc1ccc(C(=O)O)cc1. The Hall–Kier alpha value is -1.88. The lowest BCUT2D eigenvalue weighted by Crippen LogP contribution is -2.17. The van der Waals surface area contributed by atoms with E-state index in [0.717, 1.165) is 13.0 Å². The van der Waals surface area contributed by atoms with Gasteiger partial charge in [-0.3, -0.25) is 4.79 Å². The molecule has 1 rings (SSSR count). The van der Waals surface area contributed by atoms with Gasteiger partial charge in [0.2, 0.25) is 5.91 Å². The van der Waals surface area contributed by atoms with E-state index in [-0.39, 0.29) is 11.5 Å². The van der Waals surface area contributed by atoms with Gasteiger partial charge in [-0.1, -0.05) is 0 Å². The Morgan fingerprint density at radius 1 is 1.22 bits per heavy atom. The molecular weight excluding hydrogens is 232 g/mol. The van der Waals surface area contributed by atoms with Crippen LogP contribution >= 0.6 is 0 Å². The molecule has 0 aliphatic heterocycles. The summed E-state index contributed by atoms with van der Waals surface area (Å²) in [5.41, 5.74) is 0.829. The van der Waals surface area contributed by atoms with Crippen LogP contribution in [0.4, 0.5) is 5.69 Å². The van der Waals surface area contributed by atoms with E-state index in [4.69, 9.17) is 5.11 Å². The zero-order chi connectivity index (χ0) is 13.5. The maximum Gasteiger partial charge on any atom is 0.335 e. The van der Waals surface area contributed by atoms with Gasteiger partial charge in [0, 0.05) is 12.1 Å². The van der Waals surface area contributed by atoms with E-state index in [2.05, 4.69) is 5.32 Å². The minimum atomic E-state index is -0.973. The lowest BCUT2D eigenvalue weighted by molar-refractivity contribution is -0.116. The number of nitrogens with one attached hydrogen (secondary N) is 1. The van der Waals surface area contributed by atoms with Gasteiger partial charge in [-0.25, -0.2) is 4.79 Å². The first-order valence-electron chi connectivity index (χ1n) is 5.77. The summed E-state index contributed by atoms with van der Waals surface area (Å²) in [5.74, 6) is -1.03. The zero-order valence-corrected chi connectivity index (χ0v) is 10.6. The summed E-state index contributed by atoms with van der Waals surface area (Å²) in [7, 11) is 3.92. The Morgan fingerprint density at radius 3 is 2.33 bits per heavy atom. The van der Waals surface area contributed by atoms with E-state index < -0.39 is 5.97 Å². The quantitative estimate of drug-likeness (QED) is 0.805. The molecule has 5 nitrogen and oxygen atoms in total. The molecule has 0 aromatic heterocycles. The van der Waals surface area contributed by atoms with E-state index >= 15 is 0 Å². The van der Waals surface area contributed by atoms with Crippen molar-refractivity contribution in [2.75, 3.05) is 26.0 Å². The van der Waals surface area contributed by atoms with Crippen LogP contribution in [0.15, 0.2) is 24.3 Å². The monoisotopic (exact) mass is 250 g/mol. The topological polar surface area (TPSA) is 69.6 Å². The van der Waals surface area contributed by atoms with Crippen LogP contribution in [0.3, 0.4) is 0 Å². The van der Waals surface area contributed by atoms with Crippen molar-refractivity contribution >= 4 is 17.6 Å². The number of hydrogen-bond acceptors (Lipinski definition) is 3. The van der Waals surface area contributed by atoms with Crippen molar-refractivity contribution < 1.29 is 14.7 Å². The Labute approximate surface area is 106 Å². The fourth-order valence-electron chi connectivity index (χ4n) is 1.48. The Bertz CT molecular complexity index is 413. The van der Waals surface area contributed by atoms with Crippen molar-refractivity contribution in [1.29, 1.82) is 0 Å². The fourth-order valence-corrected chi connectivity index (χ4v) is 1.48. The van der Waals surface area contributed by atoms with Crippen LogP contribution < -0.4 is 5.32 Å². The first-order chi connectivity index (χ1) is 8.49. The molecule has 1 aromatic carbocycles. The fraction of sp³-hybridized carbons (Fsp3) is 0.385. The second-order valence-corrected chi connectivity index (χ2v) is 4.34. The molecule has 2 N–H and O–H groups in total. The van der Waals surface area contributed by atoms with Gasteiger partial charge in [0.05, 0.1) is 5.56 Å². The molecule has 1 amide bonds. The molecule has 0 aliphatic rings. The maximum absolute atomic E-state index is 11.6. The molecule has 0 unspecified atom stereocenters. The lowest BCUT2D eigenvalue weighted by atomic mass is 10.2. The van der Waals surface area contributed by atoms with Gasteiger partial charge >= 0.3 is 5.97 Å².